The summed E-state index contributed by atoms with van der Waals surface area (Å²) in [6.07, 6.45) is 0. The van der Waals surface area contributed by atoms with Crippen LogP contribution >= 0.6 is 0 Å². The molecule has 34 valence electrons. The van der Waals surface area contributed by atoms with Gasteiger partial charge in [-0.2, -0.15) is 8.42 Å². The SMILES string of the molecule is O=S(=O)(O)O.[He]. The van der Waals surface area contributed by atoms with Crippen molar-refractivity contribution in [3.63, 3.8) is 0 Å². The maximum atomic E-state index is 8.74. The van der Waals surface area contributed by atoms with Gasteiger partial charge in [-0.3, -0.25) is 9.11 Å². The smallest absolute Gasteiger partial charge is 0.264 e. The van der Waals surface area contributed by atoms with Crippen LogP contribution in [0.2, 0.25) is 0 Å². The molecule has 0 unspecified atom stereocenters. The van der Waals surface area contributed by atoms with Gasteiger partial charge in [0.2, 0.25) is 0 Å². The van der Waals surface area contributed by atoms with Crippen LogP contribution in [0.1, 0.15) is 0 Å². The van der Waals surface area contributed by atoms with Crippen LogP contribution < -0.4 is 0 Å². The molecule has 6 heteroatoms. The van der Waals surface area contributed by atoms with Crippen LogP contribution in [0.15, 0.2) is 0 Å². The zero-order valence-electron chi connectivity index (χ0n) is 2.83. The van der Waals surface area contributed by atoms with E-state index < -0.39 is 10.4 Å². The quantitative estimate of drug-likeness (QED) is 0.398. The van der Waals surface area contributed by atoms with Crippen LogP contribution in [0.5, 0.6) is 0 Å². The maximum Gasteiger partial charge on any atom is 0.394 e. The van der Waals surface area contributed by atoms with Gasteiger partial charge in [0.25, 0.3) is 0 Å². The van der Waals surface area contributed by atoms with Gasteiger partial charge in [0.05, 0.1) is 0 Å². The molecule has 0 aromatic rings. The average Bonchev–Trinajstić information content (AvgIpc) is 0.722. The van der Waals surface area contributed by atoms with Crippen molar-refractivity contribution >= 4 is 10.4 Å². The summed E-state index contributed by atoms with van der Waals surface area (Å²) in [4.78, 5) is 0. The molecule has 0 heterocycles. The van der Waals surface area contributed by atoms with Gasteiger partial charge in [0, 0.05) is 6.15 Å². The predicted octanol–water partition coefficient (Wildman–Crippen LogP) is -0.653. The Morgan fingerprint density at radius 2 is 1.17 bits per heavy atom. The van der Waals surface area contributed by atoms with Crippen molar-refractivity contribution in [3.8, 4) is 0 Å². The largest absolute Gasteiger partial charge is 0.394 e. The van der Waals surface area contributed by atoms with Gasteiger partial charge in [-0.1, -0.05) is 0 Å². The third-order valence-electron chi connectivity index (χ3n) is 0. The topological polar surface area (TPSA) is 74.6 Å². The van der Waals surface area contributed by atoms with Crippen molar-refractivity contribution in [2.45, 2.75) is 0 Å². The van der Waals surface area contributed by atoms with E-state index in [1.165, 1.54) is 0 Å². The molecule has 0 aromatic heterocycles. The molecule has 0 aliphatic carbocycles. The van der Waals surface area contributed by atoms with E-state index in [0.29, 0.717) is 0 Å². The molecule has 0 aromatic carbocycles. The van der Waals surface area contributed by atoms with Gasteiger partial charge in [-0.05, 0) is 0 Å². The fourth-order valence-electron chi connectivity index (χ4n) is 0. The van der Waals surface area contributed by atoms with Crippen LogP contribution in [-0.4, -0.2) is 17.5 Å². The summed E-state index contributed by atoms with van der Waals surface area (Å²) in [6, 6.07) is 0. The van der Waals surface area contributed by atoms with Crippen molar-refractivity contribution < 1.29 is 23.7 Å². The normalized spacial score (nSPS) is 9.67. The van der Waals surface area contributed by atoms with Crippen molar-refractivity contribution in [3.05, 3.63) is 0 Å². The van der Waals surface area contributed by atoms with Gasteiger partial charge < -0.3 is 0 Å². The second kappa shape index (κ2) is 2.04. The predicted molar refractivity (Wildman–Crippen MR) is 14.2 cm³/mol. The summed E-state index contributed by atoms with van der Waals surface area (Å²) in [6.45, 7) is 0. The van der Waals surface area contributed by atoms with Crippen molar-refractivity contribution in [1.82, 2.24) is 0 Å². The standard InChI is InChI=1S/He.H2O4S/c;1-5(2,3)4/h;(H2,1,2,3,4). The van der Waals surface area contributed by atoms with Gasteiger partial charge >= 0.3 is 10.4 Å². The molecule has 0 spiro atoms. The monoisotopic (exact) mass is 102 g/mol. The van der Waals surface area contributed by atoms with E-state index in [2.05, 4.69) is 0 Å². The average molecular weight is 102 g/mol. The van der Waals surface area contributed by atoms with E-state index in [1.807, 2.05) is 0 Å². The van der Waals surface area contributed by atoms with Crippen LogP contribution in [0, 0.1) is 6.15 Å². The molecule has 0 saturated carbocycles. The first kappa shape index (κ1) is 9.24. The van der Waals surface area contributed by atoms with E-state index in [-0.39, 0.29) is 6.15 Å². The zero-order valence-corrected chi connectivity index (χ0v) is 3.64. The first-order valence-electron chi connectivity index (χ1n) is 0.698. The van der Waals surface area contributed by atoms with Gasteiger partial charge in [0.15, 0.2) is 0 Å². The Kier molecular flexibility index (Phi) is 3.15. The summed E-state index contributed by atoms with van der Waals surface area (Å²) < 4.78 is 31.6. The Labute approximate surface area is 35.1 Å². The van der Waals surface area contributed by atoms with Crippen molar-refractivity contribution in [2.75, 3.05) is 0 Å². The summed E-state index contributed by atoms with van der Waals surface area (Å²) >= 11 is 0. The minimum absolute atomic E-state index is 0. The Bertz CT molecular complexity index is 90.7. The molecule has 0 aliphatic heterocycles. The molecule has 0 bridgehead atoms. The molecule has 4 nitrogen and oxygen atoms in total. The molecule has 0 radical (unpaired) electrons. The Hall–Kier alpha value is -0.221. The van der Waals surface area contributed by atoms with Gasteiger partial charge in [-0.25, -0.2) is 0 Å². The Balaban J connectivity index is 0. The van der Waals surface area contributed by atoms with Crippen LogP contribution in [0.3, 0.4) is 0 Å². The second-order valence-corrected chi connectivity index (χ2v) is 1.34. The number of hydrogen-bond donors (Lipinski definition) is 2. The van der Waals surface area contributed by atoms with E-state index in [9.17, 15) is 0 Å². The third-order valence-corrected chi connectivity index (χ3v) is 0. The molecule has 0 amide bonds. The van der Waals surface area contributed by atoms with Gasteiger partial charge in [-0.15, -0.1) is 0 Å². The van der Waals surface area contributed by atoms with E-state index in [0.717, 1.165) is 0 Å². The summed E-state index contributed by atoms with van der Waals surface area (Å²) in [5.41, 5.74) is 0. The minimum Gasteiger partial charge on any atom is -0.264 e. The first-order chi connectivity index (χ1) is 2.00. The van der Waals surface area contributed by atoms with Crippen molar-refractivity contribution in [1.29, 1.82) is 0 Å². The maximum absolute atomic E-state index is 8.74. The van der Waals surface area contributed by atoms with Crippen LogP contribution in [-0.2, 0) is 10.4 Å². The minimum atomic E-state index is -4.67. The fourth-order valence-corrected chi connectivity index (χ4v) is 0. The summed E-state index contributed by atoms with van der Waals surface area (Å²) in [7, 11) is -4.67. The molecule has 2 N–H and O–H groups in total. The molecule has 0 atom stereocenters. The molecular formula is H2HeO4S. The Morgan fingerprint density at radius 1 is 1.17 bits per heavy atom. The van der Waals surface area contributed by atoms with E-state index >= 15 is 0 Å². The fraction of sp³-hybridized carbons (Fsp3) is 0. The molecule has 0 saturated heterocycles. The number of rotatable bonds is 0. The molecular weight excluding hydrogens is 100 g/mol. The van der Waals surface area contributed by atoms with Gasteiger partial charge in [0.1, 0.15) is 0 Å². The third kappa shape index (κ3) is 598. The van der Waals surface area contributed by atoms with Crippen LogP contribution in [0.25, 0.3) is 0 Å². The van der Waals surface area contributed by atoms with Crippen molar-refractivity contribution in [2.24, 2.45) is 0 Å². The summed E-state index contributed by atoms with van der Waals surface area (Å²) in [5.74, 6) is 0. The van der Waals surface area contributed by atoms with E-state index in [4.69, 9.17) is 17.5 Å². The van der Waals surface area contributed by atoms with Crippen LogP contribution in [0.4, 0.5) is 0 Å². The summed E-state index contributed by atoms with van der Waals surface area (Å²) in [5, 5.41) is 0. The molecule has 0 rings (SSSR count). The number of hydrogen-bond acceptors (Lipinski definition) is 2. The molecule has 0 fully saturated rings. The molecule has 6 heavy (non-hydrogen) atoms. The second-order valence-electron chi connectivity index (χ2n) is 0.448. The van der Waals surface area contributed by atoms with E-state index in [1.54, 1.807) is 0 Å². The molecule has 0 aliphatic rings. The Morgan fingerprint density at radius 3 is 1.17 bits per heavy atom. The first-order valence-corrected chi connectivity index (χ1v) is 2.10. The zero-order chi connectivity index (χ0) is 4.50.